The van der Waals surface area contributed by atoms with Crippen molar-refractivity contribution in [1.82, 2.24) is 9.88 Å². The Kier molecular flexibility index (Phi) is 4.24. The molecule has 1 atom stereocenters. The molecule has 6 nitrogen and oxygen atoms in total. The largest absolute Gasteiger partial charge is 0.409 e. The second-order valence-corrected chi connectivity index (χ2v) is 5.88. The fraction of sp³-hybridized carbons (Fsp3) is 0.600. The molecule has 0 aromatic carbocycles. The molecule has 0 saturated carbocycles. The highest BCUT2D eigenvalue weighted by Crippen LogP contribution is 2.23. The van der Waals surface area contributed by atoms with Crippen molar-refractivity contribution in [2.45, 2.75) is 31.7 Å². The van der Waals surface area contributed by atoms with E-state index in [0.29, 0.717) is 11.6 Å². The van der Waals surface area contributed by atoms with Crippen LogP contribution in [0.15, 0.2) is 23.5 Å². The normalized spacial score (nSPS) is 24.5. The third-order valence-corrected chi connectivity index (χ3v) is 4.55. The monoisotopic (exact) mass is 289 g/mol. The van der Waals surface area contributed by atoms with Crippen LogP contribution in [0.2, 0.25) is 0 Å². The third kappa shape index (κ3) is 3.10. The van der Waals surface area contributed by atoms with Gasteiger partial charge in [-0.3, -0.25) is 4.90 Å². The zero-order valence-electron chi connectivity index (χ0n) is 12.3. The molecule has 1 unspecified atom stereocenters. The molecule has 1 aromatic heterocycles. The smallest absolute Gasteiger partial charge is 0.171 e. The van der Waals surface area contributed by atoms with E-state index >= 15 is 0 Å². The Balaban J connectivity index is 1.63. The fourth-order valence-corrected chi connectivity index (χ4v) is 3.31. The van der Waals surface area contributed by atoms with E-state index in [4.69, 9.17) is 10.9 Å². The van der Waals surface area contributed by atoms with Crippen molar-refractivity contribution in [2.75, 3.05) is 31.1 Å². The molecule has 2 fully saturated rings. The van der Waals surface area contributed by atoms with Crippen LogP contribution in [0.25, 0.3) is 0 Å². The Labute approximate surface area is 125 Å². The van der Waals surface area contributed by atoms with E-state index in [1.54, 1.807) is 6.20 Å². The SMILES string of the molecule is NC(=NO)c1ccc(N2CCC(N3CCCCC3)C2)nc1. The summed E-state index contributed by atoms with van der Waals surface area (Å²) in [4.78, 5) is 9.41. The molecule has 0 radical (unpaired) electrons. The summed E-state index contributed by atoms with van der Waals surface area (Å²) in [7, 11) is 0. The molecule has 1 aromatic rings. The van der Waals surface area contributed by atoms with Crippen LogP contribution in [0, 0.1) is 0 Å². The zero-order valence-corrected chi connectivity index (χ0v) is 12.3. The van der Waals surface area contributed by atoms with Crippen LogP contribution in [0.1, 0.15) is 31.2 Å². The summed E-state index contributed by atoms with van der Waals surface area (Å²) < 4.78 is 0. The number of likely N-dealkylation sites (tertiary alicyclic amines) is 1. The molecule has 114 valence electrons. The minimum absolute atomic E-state index is 0.0988. The molecule has 0 bridgehead atoms. The van der Waals surface area contributed by atoms with Gasteiger partial charge in [0.1, 0.15) is 5.82 Å². The van der Waals surface area contributed by atoms with Gasteiger partial charge in [-0.15, -0.1) is 0 Å². The Morgan fingerprint density at radius 1 is 1.24 bits per heavy atom. The van der Waals surface area contributed by atoms with Crippen LogP contribution in [0.5, 0.6) is 0 Å². The molecule has 0 spiro atoms. The molecule has 0 amide bonds. The van der Waals surface area contributed by atoms with Crippen molar-refractivity contribution >= 4 is 11.7 Å². The predicted molar refractivity (Wildman–Crippen MR) is 82.8 cm³/mol. The van der Waals surface area contributed by atoms with Gasteiger partial charge >= 0.3 is 0 Å². The number of hydrogen-bond donors (Lipinski definition) is 2. The van der Waals surface area contributed by atoms with E-state index in [9.17, 15) is 0 Å². The summed E-state index contributed by atoms with van der Waals surface area (Å²) in [6, 6.07) is 4.47. The lowest BCUT2D eigenvalue weighted by molar-refractivity contribution is 0.175. The predicted octanol–water partition coefficient (Wildman–Crippen LogP) is 1.24. The van der Waals surface area contributed by atoms with Gasteiger partial charge in [-0.2, -0.15) is 0 Å². The first-order chi connectivity index (χ1) is 10.3. The molecule has 3 heterocycles. The lowest BCUT2D eigenvalue weighted by Gasteiger charge is -2.32. The lowest BCUT2D eigenvalue weighted by atomic mass is 10.1. The van der Waals surface area contributed by atoms with E-state index in [2.05, 4.69) is 19.9 Å². The van der Waals surface area contributed by atoms with Gasteiger partial charge in [0.25, 0.3) is 0 Å². The fourth-order valence-electron chi connectivity index (χ4n) is 3.31. The maximum Gasteiger partial charge on any atom is 0.171 e. The first kappa shape index (κ1) is 14.1. The zero-order chi connectivity index (χ0) is 14.7. The van der Waals surface area contributed by atoms with Crippen molar-refractivity contribution < 1.29 is 5.21 Å². The van der Waals surface area contributed by atoms with Crippen LogP contribution >= 0.6 is 0 Å². The summed E-state index contributed by atoms with van der Waals surface area (Å²) in [5.41, 5.74) is 6.20. The molecule has 0 aliphatic carbocycles. The van der Waals surface area contributed by atoms with Gasteiger partial charge in [-0.05, 0) is 44.5 Å². The molecule has 2 aliphatic rings. The van der Waals surface area contributed by atoms with Gasteiger partial charge in [0, 0.05) is 30.9 Å². The van der Waals surface area contributed by atoms with Crippen LogP contribution in [0.3, 0.4) is 0 Å². The number of aromatic nitrogens is 1. The number of oxime groups is 1. The highest BCUT2D eigenvalue weighted by Gasteiger charge is 2.28. The number of pyridine rings is 1. The molecule has 2 saturated heterocycles. The summed E-state index contributed by atoms with van der Waals surface area (Å²) in [5, 5.41) is 11.7. The van der Waals surface area contributed by atoms with Crippen LogP contribution < -0.4 is 10.6 Å². The van der Waals surface area contributed by atoms with Gasteiger partial charge in [-0.1, -0.05) is 11.6 Å². The average molecular weight is 289 g/mol. The van der Waals surface area contributed by atoms with E-state index < -0.39 is 0 Å². The van der Waals surface area contributed by atoms with Gasteiger partial charge < -0.3 is 15.8 Å². The highest BCUT2D eigenvalue weighted by molar-refractivity contribution is 5.96. The minimum Gasteiger partial charge on any atom is -0.409 e. The summed E-state index contributed by atoms with van der Waals surface area (Å²) in [5.74, 6) is 1.07. The molecule has 21 heavy (non-hydrogen) atoms. The summed E-state index contributed by atoms with van der Waals surface area (Å²) in [6.07, 6.45) is 6.93. The second kappa shape index (κ2) is 6.30. The molecule has 6 heteroatoms. The standard InChI is InChI=1S/C15H23N5O/c16-15(18-21)12-4-5-14(17-10-12)20-9-6-13(11-20)19-7-2-1-3-8-19/h4-5,10,13,21H,1-3,6-9,11H2,(H2,16,18). The maximum atomic E-state index is 8.67. The maximum absolute atomic E-state index is 8.67. The van der Waals surface area contributed by atoms with E-state index in [0.717, 1.165) is 18.9 Å². The van der Waals surface area contributed by atoms with E-state index in [1.807, 2.05) is 12.1 Å². The number of nitrogens with zero attached hydrogens (tertiary/aromatic N) is 4. The number of rotatable bonds is 3. The van der Waals surface area contributed by atoms with E-state index in [-0.39, 0.29) is 5.84 Å². The Morgan fingerprint density at radius 2 is 2.05 bits per heavy atom. The molecular weight excluding hydrogens is 266 g/mol. The van der Waals surface area contributed by atoms with Crippen molar-refractivity contribution in [1.29, 1.82) is 0 Å². The van der Waals surface area contributed by atoms with Gasteiger partial charge in [0.2, 0.25) is 0 Å². The molecule has 2 aliphatic heterocycles. The Morgan fingerprint density at radius 3 is 2.71 bits per heavy atom. The molecule has 3 N–H and O–H groups in total. The summed E-state index contributed by atoms with van der Waals surface area (Å²) >= 11 is 0. The topological polar surface area (TPSA) is 78.0 Å². The number of amidine groups is 1. The number of piperidine rings is 1. The van der Waals surface area contributed by atoms with Gasteiger partial charge in [-0.25, -0.2) is 4.98 Å². The lowest BCUT2D eigenvalue weighted by Crippen LogP contribution is -2.40. The van der Waals surface area contributed by atoms with Crippen molar-refractivity contribution in [2.24, 2.45) is 10.9 Å². The van der Waals surface area contributed by atoms with Crippen LogP contribution in [0.4, 0.5) is 5.82 Å². The van der Waals surface area contributed by atoms with Crippen LogP contribution in [-0.2, 0) is 0 Å². The third-order valence-electron chi connectivity index (χ3n) is 4.55. The second-order valence-electron chi connectivity index (χ2n) is 5.88. The highest BCUT2D eigenvalue weighted by atomic mass is 16.4. The summed E-state index contributed by atoms with van der Waals surface area (Å²) in [6.45, 7) is 4.59. The Hall–Kier alpha value is -1.82. The van der Waals surface area contributed by atoms with Crippen molar-refractivity contribution in [3.05, 3.63) is 23.9 Å². The first-order valence-electron chi connectivity index (χ1n) is 7.71. The van der Waals surface area contributed by atoms with Crippen molar-refractivity contribution in [3.8, 4) is 0 Å². The number of hydrogen-bond acceptors (Lipinski definition) is 5. The van der Waals surface area contributed by atoms with Gasteiger partial charge in [0.05, 0.1) is 0 Å². The number of nitrogens with two attached hydrogens (primary N) is 1. The minimum atomic E-state index is 0.0988. The molecule has 3 rings (SSSR count). The van der Waals surface area contributed by atoms with Crippen LogP contribution in [-0.4, -0.2) is 53.1 Å². The molecular formula is C15H23N5O. The van der Waals surface area contributed by atoms with Crippen molar-refractivity contribution in [3.63, 3.8) is 0 Å². The van der Waals surface area contributed by atoms with E-state index in [1.165, 1.54) is 38.8 Å². The van der Waals surface area contributed by atoms with Gasteiger partial charge in [0.15, 0.2) is 5.84 Å². The Bertz CT molecular complexity index is 495. The first-order valence-corrected chi connectivity index (χ1v) is 7.71. The quantitative estimate of drug-likeness (QED) is 0.379. The number of anilines is 1. The average Bonchev–Trinajstić information content (AvgIpc) is 3.05.